The Kier molecular flexibility index (Phi) is 7.37. The third-order valence-electron chi connectivity index (χ3n) is 7.19. The Bertz CT molecular complexity index is 543. The number of piperidine rings is 1. The number of ether oxygens (including phenoxy) is 2. The topological polar surface area (TPSA) is 76.1 Å². The first kappa shape index (κ1) is 21.6. The molecule has 28 heavy (non-hydrogen) atoms. The first-order chi connectivity index (χ1) is 13.4. The van der Waals surface area contributed by atoms with Crippen LogP contribution in [0, 0.1) is 29.6 Å². The second-order valence-corrected chi connectivity index (χ2v) is 9.46. The molecule has 3 aliphatic rings. The van der Waals surface area contributed by atoms with Gasteiger partial charge in [0.2, 0.25) is 5.91 Å². The highest BCUT2D eigenvalue weighted by molar-refractivity contribution is 5.77. The zero-order valence-corrected chi connectivity index (χ0v) is 17.6. The number of likely N-dealkylation sites (tertiary alicyclic amines) is 1. The number of carbonyl (C=O) groups excluding carboxylic acids is 1. The standard InChI is InChI=1S/C22H37NO5/c1-14(2)17-5-4-15(3)12-19(17)28-13-20(24)23-9-6-16(7-10-23)21-18(22(25)26)8-11-27-21/h14-19,21H,4-13H2,1-3H3,(H,25,26)/t15?,17?,18?,19?,21-/m0/s1. The maximum Gasteiger partial charge on any atom is 0.309 e. The third-order valence-corrected chi connectivity index (χ3v) is 7.19. The first-order valence-electron chi connectivity index (χ1n) is 11.1. The van der Waals surface area contributed by atoms with Crippen molar-refractivity contribution in [2.75, 3.05) is 26.3 Å². The zero-order valence-electron chi connectivity index (χ0n) is 17.6. The molecule has 0 spiro atoms. The predicted molar refractivity (Wildman–Crippen MR) is 106 cm³/mol. The molecule has 0 aromatic carbocycles. The van der Waals surface area contributed by atoms with Crippen LogP contribution < -0.4 is 0 Å². The van der Waals surface area contributed by atoms with Gasteiger partial charge in [0.1, 0.15) is 6.61 Å². The number of rotatable bonds is 6. The van der Waals surface area contributed by atoms with Crippen LogP contribution in [-0.4, -0.2) is 60.4 Å². The third kappa shape index (κ3) is 5.07. The van der Waals surface area contributed by atoms with Gasteiger partial charge < -0.3 is 19.5 Å². The van der Waals surface area contributed by atoms with Crippen molar-refractivity contribution < 1.29 is 24.2 Å². The number of aliphatic carboxylic acids is 1. The molecule has 3 fully saturated rings. The van der Waals surface area contributed by atoms with Crippen molar-refractivity contribution in [3.8, 4) is 0 Å². The molecule has 0 radical (unpaired) electrons. The number of nitrogens with zero attached hydrogens (tertiary/aromatic N) is 1. The van der Waals surface area contributed by atoms with E-state index in [-0.39, 0.29) is 30.6 Å². The lowest BCUT2D eigenvalue weighted by Gasteiger charge is -2.38. The number of hydrogen-bond donors (Lipinski definition) is 1. The lowest BCUT2D eigenvalue weighted by atomic mass is 9.75. The van der Waals surface area contributed by atoms with Crippen LogP contribution in [0.2, 0.25) is 0 Å². The summed E-state index contributed by atoms with van der Waals surface area (Å²) in [5.74, 6) is 0.950. The van der Waals surface area contributed by atoms with Crippen molar-refractivity contribution >= 4 is 11.9 Å². The Balaban J connectivity index is 1.45. The molecule has 4 unspecified atom stereocenters. The van der Waals surface area contributed by atoms with Gasteiger partial charge in [0.25, 0.3) is 0 Å². The van der Waals surface area contributed by atoms with E-state index in [0.29, 0.717) is 43.9 Å². The minimum atomic E-state index is -0.754. The van der Waals surface area contributed by atoms with E-state index in [9.17, 15) is 14.7 Å². The van der Waals surface area contributed by atoms with Gasteiger partial charge in [-0.3, -0.25) is 9.59 Å². The molecule has 1 amide bonds. The summed E-state index contributed by atoms with van der Waals surface area (Å²) < 4.78 is 11.8. The van der Waals surface area contributed by atoms with Gasteiger partial charge in [-0.1, -0.05) is 27.2 Å². The van der Waals surface area contributed by atoms with E-state index in [1.54, 1.807) is 0 Å². The molecule has 3 rings (SSSR count). The van der Waals surface area contributed by atoms with Gasteiger partial charge in [-0.05, 0) is 55.8 Å². The van der Waals surface area contributed by atoms with Crippen molar-refractivity contribution in [3.63, 3.8) is 0 Å². The van der Waals surface area contributed by atoms with Crippen LogP contribution in [0.4, 0.5) is 0 Å². The van der Waals surface area contributed by atoms with Crippen molar-refractivity contribution in [2.45, 2.75) is 71.5 Å². The van der Waals surface area contributed by atoms with Crippen LogP contribution >= 0.6 is 0 Å². The van der Waals surface area contributed by atoms with Crippen molar-refractivity contribution in [2.24, 2.45) is 29.6 Å². The summed E-state index contributed by atoms with van der Waals surface area (Å²) in [5, 5.41) is 9.37. The van der Waals surface area contributed by atoms with Crippen LogP contribution in [0.3, 0.4) is 0 Å². The molecule has 6 heteroatoms. The highest BCUT2D eigenvalue weighted by Gasteiger charge is 2.41. The summed E-state index contributed by atoms with van der Waals surface area (Å²) in [7, 11) is 0. The largest absolute Gasteiger partial charge is 0.481 e. The van der Waals surface area contributed by atoms with E-state index in [1.165, 1.54) is 12.8 Å². The summed E-state index contributed by atoms with van der Waals surface area (Å²) in [6.07, 6.45) is 5.72. The monoisotopic (exact) mass is 395 g/mol. The fourth-order valence-corrected chi connectivity index (χ4v) is 5.39. The van der Waals surface area contributed by atoms with E-state index in [4.69, 9.17) is 9.47 Å². The van der Waals surface area contributed by atoms with Crippen LogP contribution in [0.15, 0.2) is 0 Å². The van der Waals surface area contributed by atoms with Gasteiger partial charge in [-0.2, -0.15) is 0 Å². The maximum atomic E-state index is 12.7. The molecule has 0 aromatic rings. The molecule has 0 bridgehead atoms. The van der Waals surface area contributed by atoms with Gasteiger partial charge in [0.05, 0.1) is 18.1 Å². The van der Waals surface area contributed by atoms with Crippen LogP contribution in [0.1, 0.15) is 59.3 Å². The van der Waals surface area contributed by atoms with Gasteiger partial charge in [0, 0.05) is 19.7 Å². The van der Waals surface area contributed by atoms with Crippen molar-refractivity contribution in [1.29, 1.82) is 0 Å². The van der Waals surface area contributed by atoms with Crippen LogP contribution in [0.25, 0.3) is 0 Å². The minimum absolute atomic E-state index is 0.0707. The molecule has 5 atom stereocenters. The summed E-state index contributed by atoms with van der Waals surface area (Å²) in [6.45, 7) is 8.82. The molecule has 6 nitrogen and oxygen atoms in total. The highest BCUT2D eigenvalue weighted by Crippen LogP contribution is 2.36. The Morgan fingerprint density at radius 3 is 2.50 bits per heavy atom. The lowest BCUT2D eigenvalue weighted by Crippen LogP contribution is -2.45. The Hall–Kier alpha value is -1.14. The van der Waals surface area contributed by atoms with E-state index >= 15 is 0 Å². The second-order valence-electron chi connectivity index (χ2n) is 9.46. The average Bonchev–Trinajstić information content (AvgIpc) is 3.16. The molecule has 2 aliphatic heterocycles. The quantitative estimate of drug-likeness (QED) is 0.747. The Morgan fingerprint density at radius 2 is 1.86 bits per heavy atom. The molecule has 2 saturated heterocycles. The molecule has 2 heterocycles. The van der Waals surface area contributed by atoms with E-state index in [2.05, 4.69) is 20.8 Å². The number of hydrogen-bond acceptors (Lipinski definition) is 4. The summed E-state index contributed by atoms with van der Waals surface area (Å²) in [6, 6.07) is 0. The lowest BCUT2D eigenvalue weighted by molar-refractivity contribution is -0.147. The van der Waals surface area contributed by atoms with Gasteiger partial charge in [-0.15, -0.1) is 0 Å². The SMILES string of the molecule is CC1CCC(C(C)C)C(OCC(=O)N2CCC([C@@H]3OCCC3C(=O)O)CC2)C1. The molecule has 0 aromatic heterocycles. The fourth-order valence-electron chi connectivity index (χ4n) is 5.39. The molecule has 1 aliphatic carbocycles. The van der Waals surface area contributed by atoms with Crippen molar-refractivity contribution in [3.05, 3.63) is 0 Å². The molecular formula is C22H37NO5. The predicted octanol–water partition coefficient (Wildman–Crippen LogP) is 3.19. The summed E-state index contributed by atoms with van der Waals surface area (Å²) in [4.78, 5) is 26.0. The maximum absolute atomic E-state index is 12.7. The molecule has 160 valence electrons. The van der Waals surface area contributed by atoms with E-state index < -0.39 is 11.9 Å². The normalized spacial score (nSPS) is 34.7. The number of carbonyl (C=O) groups is 2. The minimum Gasteiger partial charge on any atom is -0.481 e. The van der Waals surface area contributed by atoms with Crippen LogP contribution in [0.5, 0.6) is 0 Å². The molecule has 1 N–H and O–H groups in total. The molecule has 1 saturated carbocycles. The van der Waals surface area contributed by atoms with Gasteiger partial charge in [0.15, 0.2) is 0 Å². The summed E-state index contributed by atoms with van der Waals surface area (Å²) >= 11 is 0. The van der Waals surface area contributed by atoms with E-state index in [0.717, 1.165) is 19.3 Å². The van der Waals surface area contributed by atoms with Gasteiger partial charge in [-0.25, -0.2) is 0 Å². The van der Waals surface area contributed by atoms with Crippen LogP contribution in [-0.2, 0) is 19.1 Å². The molecular weight excluding hydrogens is 358 g/mol. The number of carboxylic acids is 1. The summed E-state index contributed by atoms with van der Waals surface area (Å²) in [5.41, 5.74) is 0. The first-order valence-corrected chi connectivity index (χ1v) is 11.1. The number of amides is 1. The smallest absolute Gasteiger partial charge is 0.309 e. The van der Waals surface area contributed by atoms with Crippen molar-refractivity contribution in [1.82, 2.24) is 4.90 Å². The Morgan fingerprint density at radius 1 is 1.14 bits per heavy atom. The fraction of sp³-hybridized carbons (Fsp3) is 0.909. The second kappa shape index (κ2) is 9.57. The number of carboxylic acid groups (broad SMARTS) is 1. The highest BCUT2D eigenvalue weighted by atomic mass is 16.5. The van der Waals surface area contributed by atoms with Gasteiger partial charge >= 0.3 is 5.97 Å². The van der Waals surface area contributed by atoms with E-state index in [1.807, 2.05) is 4.90 Å². The zero-order chi connectivity index (χ0) is 20.3. The Labute approximate surface area is 168 Å². The average molecular weight is 396 g/mol.